The largest absolute Gasteiger partial charge is 0.504 e. The summed E-state index contributed by atoms with van der Waals surface area (Å²) >= 11 is 0. The smallest absolute Gasteiger partial charge is 0.161 e. The zero-order chi connectivity index (χ0) is 18.4. The second-order valence-corrected chi connectivity index (χ2v) is 7.69. The molecule has 1 aromatic carbocycles. The lowest BCUT2D eigenvalue weighted by molar-refractivity contribution is 0.0686. The first-order valence-electron chi connectivity index (χ1n) is 9.61. The molecule has 2 aliphatic heterocycles. The Morgan fingerprint density at radius 2 is 2.00 bits per heavy atom. The molecule has 2 saturated heterocycles. The zero-order valence-electron chi connectivity index (χ0n) is 16.1. The van der Waals surface area contributed by atoms with E-state index in [1.54, 1.807) is 20.3 Å². The normalized spacial score (nSPS) is 24.7. The van der Waals surface area contributed by atoms with Gasteiger partial charge in [0, 0.05) is 33.3 Å². The van der Waals surface area contributed by atoms with Crippen molar-refractivity contribution >= 4 is 6.08 Å². The molecule has 1 aromatic rings. The van der Waals surface area contributed by atoms with E-state index < -0.39 is 0 Å². The first-order chi connectivity index (χ1) is 12.6. The van der Waals surface area contributed by atoms with Gasteiger partial charge in [-0.2, -0.15) is 0 Å². The maximum absolute atomic E-state index is 9.68. The van der Waals surface area contributed by atoms with Crippen molar-refractivity contribution in [1.82, 2.24) is 9.80 Å². The van der Waals surface area contributed by atoms with Gasteiger partial charge in [0.2, 0.25) is 0 Å². The molecule has 2 aliphatic rings. The number of phenols is 1. The number of nitrogens with zero attached hydrogens (tertiary/aromatic N) is 2. The third-order valence-electron chi connectivity index (χ3n) is 5.75. The lowest BCUT2D eigenvalue weighted by Gasteiger charge is -2.40. The van der Waals surface area contributed by atoms with Crippen LogP contribution in [0.3, 0.4) is 0 Å². The highest BCUT2D eigenvalue weighted by Crippen LogP contribution is 2.38. The standard InChI is InChI=1S/C21H32N2O3/c1-25-14-13-23-11-4-8-21(17-23)9-12-22(16-21)10-3-5-18-6-7-19(24)20(15-18)26-2/h3,5-7,15,24H,4,8-14,16-17H2,1-2H3/b5-3+. The molecule has 26 heavy (non-hydrogen) atoms. The van der Waals surface area contributed by atoms with Crippen LogP contribution in [0.25, 0.3) is 6.08 Å². The number of piperidine rings is 1. The second-order valence-electron chi connectivity index (χ2n) is 7.69. The Bertz CT molecular complexity index is 619. The van der Waals surface area contributed by atoms with E-state index in [2.05, 4.69) is 22.0 Å². The van der Waals surface area contributed by atoms with Crippen molar-refractivity contribution in [3.05, 3.63) is 29.8 Å². The fourth-order valence-corrected chi connectivity index (χ4v) is 4.37. The number of aromatic hydroxyl groups is 1. The van der Waals surface area contributed by atoms with E-state index in [0.29, 0.717) is 11.2 Å². The van der Waals surface area contributed by atoms with Crippen molar-refractivity contribution in [3.63, 3.8) is 0 Å². The van der Waals surface area contributed by atoms with Crippen molar-refractivity contribution in [1.29, 1.82) is 0 Å². The minimum absolute atomic E-state index is 0.182. The second kappa shape index (κ2) is 8.89. The number of methoxy groups -OCH3 is 2. The van der Waals surface area contributed by atoms with E-state index in [-0.39, 0.29) is 5.75 Å². The van der Waals surface area contributed by atoms with Gasteiger partial charge in [0.15, 0.2) is 11.5 Å². The summed E-state index contributed by atoms with van der Waals surface area (Å²) < 4.78 is 10.4. The first kappa shape index (κ1) is 19.2. The fourth-order valence-electron chi connectivity index (χ4n) is 4.37. The molecule has 5 nitrogen and oxygen atoms in total. The minimum Gasteiger partial charge on any atom is -0.504 e. The number of likely N-dealkylation sites (tertiary alicyclic amines) is 2. The minimum atomic E-state index is 0.182. The summed E-state index contributed by atoms with van der Waals surface area (Å²) in [6.07, 6.45) is 8.29. The van der Waals surface area contributed by atoms with Crippen molar-refractivity contribution in [2.24, 2.45) is 5.41 Å². The third kappa shape index (κ3) is 4.78. The fraction of sp³-hybridized carbons (Fsp3) is 0.619. The number of ether oxygens (including phenoxy) is 2. The predicted molar refractivity (Wildman–Crippen MR) is 105 cm³/mol. The monoisotopic (exact) mass is 360 g/mol. The van der Waals surface area contributed by atoms with Gasteiger partial charge in [-0.05, 0) is 55.5 Å². The van der Waals surface area contributed by atoms with Gasteiger partial charge in [-0.25, -0.2) is 0 Å². The van der Waals surface area contributed by atoms with Gasteiger partial charge in [0.1, 0.15) is 0 Å². The molecule has 2 heterocycles. The molecule has 0 amide bonds. The average Bonchev–Trinajstić information content (AvgIpc) is 3.03. The maximum atomic E-state index is 9.68. The summed E-state index contributed by atoms with van der Waals surface area (Å²) in [6.45, 7) is 7.67. The van der Waals surface area contributed by atoms with Crippen LogP contribution in [0.15, 0.2) is 24.3 Å². The van der Waals surface area contributed by atoms with Crippen LogP contribution in [0.1, 0.15) is 24.8 Å². The van der Waals surface area contributed by atoms with Gasteiger partial charge in [0.05, 0.1) is 13.7 Å². The van der Waals surface area contributed by atoms with E-state index in [9.17, 15) is 5.11 Å². The molecule has 2 fully saturated rings. The van der Waals surface area contributed by atoms with E-state index in [1.807, 2.05) is 12.1 Å². The van der Waals surface area contributed by atoms with Gasteiger partial charge in [-0.1, -0.05) is 18.2 Å². The summed E-state index contributed by atoms with van der Waals surface area (Å²) in [7, 11) is 3.36. The summed E-state index contributed by atoms with van der Waals surface area (Å²) in [5.41, 5.74) is 1.53. The zero-order valence-corrected chi connectivity index (χ0v) is 16.1. The molecular formula is C21H32N2O3. The van der Waals surface area contributed by atoms with Crippen molar-refractivity contribution in [3.8, 4) is 11.5 Å². The molecular weight excluding hydrogens is 328 g/mol. The van der Waals surface area contributed by atoms with Gasteiger partial charge >= 0.3 is 0 Å². The number of hydrogen-bond acceptors (Lipinski definition) is 5. The molecule has 0 bridgehead atoms. The number of phenolic OH excluding ortho intramolecular Hbond substituents is 1. The Hall–Kier alpha value is -1.56. The Balaban J connectivity index is 1.51. The van der Waals surface area contributed by atoms with Crippen LogP contribution in [0.4, 0.5) is 0 Å². The Labute approximate surface area is 157 Å². The van der Waals surface area contributed by atoms with Crippen LogP contribution in [-0.4, -0.2) is 75.0 Å². The lowest BCUT2D eigenvalue weighted by atomic mass is 9.79. The summed E-state index contributed by atoms with van der Waals surface area (Å²) in [4.78, 5) is 5.14. The van der Waals surface area contributed by atoms with Crippen LogP contribution < -0.4 is 4.74 Å². The molecule has 1 spiro atoms. The first-order valence-corrected chi connectivity index (χ1v) is 9.61. The van der Waals surface area contributed by atoms with Crippen LogP contribution in [0.2, 0.25) is 0 Å². The summed E-state index contributed by atoms with van der Waals surface area (Å²) in [5.74, 6) is 0.701. The van der Waals surface area contributed by atoms with Gasteiger partial charge in [0.25, 0.3) is 0 Å². The summed E-state index contributed by atoms with van der Waals surface area (Å²) in [5, 5.41) is 9.68. The highest BCUT2D eigenvalue weighted by Gasteiger charge is 2.40. The number of rotatable bonds is 7. The van der Waals surface area contributed by atoms with Gasteiger partial charge in [-0.15, -0.1) is 0 Å². The van der Waals surface area contributed by atoms with Crippen LogP contribution >= 0.6 is 0 Å². The molecule has 3 rings (SSSR count). The van der Waals surface area contributed by atoms with Gasteiger partial charge < -0.3 is 19.5 Å². The molecule has 0 radical (unpaired) electrons. The van der Waals surface area contributed by atoms with E-state index in [0.717, 1.165) is 25.3 Å². The molecule has 0 aliphatic carbocycles. The Kier molecular flexibility index (Phi) is 6.57. The molecule has 5 heteroatoms. The quantitative estimate of drug-likeness (QED) is 0.810. The Morgan fingerprint density at radius 1 is 1.15 bits per heavy atom. The number of benzene rings is 1. The van der Waals surface area contributed by atoms with E-state index in [4.69, 9.17) is 9.47 Å². The van der Waals surface area contributed by atoms with Crippen molar-refractivity contribution in [2.45, 2.75) is 19.3 Å². The molecule has 1 atom stereocenters. The van der Waals surface area contributed by atoms with Crippen LogP contribution in [-0.2, 0) is 4.74 Å². The SMILES string of the molecule is COCCN1CCCC2(CCN(C/C=C/c3ccc(O)c(OC)c3)C2)C1. The molecule has 0 aromatic heterocycles. The van der Waals surface area contributed by atoms with Crippen molar-refractivity contribution < 1.29 is 14.6 Å². The summed E-state index contributed by atoms with van der Waals surface area (Å²) in [6, 6.07) is 5.46. The van der Waals surface area contributed by atoms with Crippen molar-refractivity contribution in [2.75, 3.05) is 60.1 Å². The lowest BCUT2D eigenvalue weighted by Crippen LogP contribution is -2.45. The topological polar surface area (TPSA) is 45.2 Å². The predicted octanol–water partition coefficient (Wildman–Crippen LogP) is 2.85. The van der Waals surface area contributed by atoms with E-state index >= 15 is 0 Å². The highest BCUT2D eigenvalue weighted by molar-refractivity contribution is 5.55. The maximum Gasteiger partial charge on any atom is 0.161 e. The molecule has 1 unspecified atom stereocenters. The average molecular weight is 360 g/mol. The van der Waals surface area contributed by atoms with Crippen LogP contribution in [0, 0.1) is 5.41 Å². The van der Waals surface area contributed by atoms with Crippen LogP contribution in [0.5, 0.6) is 11.5 Å². The molecule has 0 saturated carbocycles. The third-order valence-corrected chi connectivity index (χ3v) is 5.75. The highest BCUT2D eigenvalue weighted by atomic mass is 16.5. The van der Waals surface area contributed by atoms with E-state index in [1.165, 1.54) is 45.4 Å². The number of hydrogen-bond donors (Lipinski definition) is 1. The molecule has 144 valence electrons. The molecule has 1 N–H and O–H groups in total. The Morgan fingerprint density at radius 3 is 2.81 bits per heavy atom. The van der Waals surface area contributed by atoms with Gasteiger partial charge in [-0.3, -0.25) is 4.90 Å².